The van der Waals surface area contributed by atoms with Gasteiger partial charge in [-0.05, 0) is 30.9 Å². The van der Waals surface area contributed by atoms with Crippen molar-refractivity contribution < 1.29 is 9.18 Å². The summed E-state index contributed by atoms with van der Waals surface area (Å²) in [5, 5.41) is 8.75. The molecule has 2 N–H and O–H groups in total. The van der Waals surface area contributed by atoms with E-state index in [4.69, 9.17) is 11.0 Å². The maximum absolute atomic E-state index is 13.7. The Labute approximate surface area is 129 Å². The molecular weight excluding hydrogens is 281 g/mol. The SMILES string of the molecule is CC(N)=C1C(=O)CC(C)(C)CC1=Nc1ccc(C#N)c(F)c1. The van der Waals surface area contributed by atoms with Crippen molar-refractivity contribution in [2.75, 3.05) is 0 Å². The van der Waals surface area contributed by atoms with E-state index in [0.717, 1.165) is 0 Å². The van der Waals surface area contributed by atoms with E-state index in [1.54, 1.807) is 19.1 Å². The lowest BCUT2D eigenvalue weighted by Crippen LogP contribution is -2.33. The van der Waals surface area contributed by atoms with Crippen LogP contribution in [-0.2, 0) is 4.79 Å². The van der Waals surface area contributed by atoms with Gasteiger partial charge >= 0.3 is 0 Å². The molecule has 0 radical (unpaired) electrons. The molecule has 1 aliphatic carbocycles. The molecule has 5 heteroatoms. The fourth-order valence-corrected chi connectivity index (χ4v) is 2.65. The number of Topliss-reactive ketones (excluding diaryl/α,β-unsaturated/α-hetero) is 1. The number of hydrogen-bond acceptors (Lipinski definition) is 4. The minimum Gasteiger partial charge on any atom is -0.402 e. The Hall–Kier alpha value is -2.48. The number of halogens is 1. The first-order chi connectivity index (χ1) is 10.2. The lowest BCUT2D eigenvalue weighted by molar-refractivity contribution is -0.117. The van der Waals surface area contributed by atoms with Crippen LogP contribution in [0.4, 0.5) is 10.1 Å². The average molecular weight is 299 g/mol. The molecule has 1 fully saturated rings. The molecule has 1 aromatic carbocycles. The van der Waals surface area contributed by atoms with E-state index in [0.29, 0.717) is 35.5 Å². The molecule has 1 saturated carbocycles. The van der Waals surface area contributed by atoms with E-state index in [2.05, 4.69) is 4.99 Å². The van der Waals surface area contributed by atoms with Gasteiger partial charge < -0.3 is 5.73 Å². The largest absolute Gasteiger partial charge is 0.402 e. The third kappa shape index (κ3) is 3.22. The predicted octanol–water partition coefficient (Wildman–Crippen LogP) is 3.39. The van der Waals surface area contributed by atoms with Gasteiger partial charge in [-0.15, -0.1) is 0 Å². The Morgan fingerprint density at radius 3 is 2.64 bits per heavy atom. The predicted molar refractivity (Wildman–Crippen MR) is 83.1 cm³/mol. The van der Waals surface area contributed by atoms with Gasteiger partial charge in [0.15, 0.2) is 5.78 Å². The van der Waals surface area contributed by atoms with Crippen molar-refractivity contribution in [2.24, 2.45) is 16.1 Å². The Kier molecular flexibility index (Phi) is 4.14. The zero-order valence-corrected chi connectivity index (χ0v) is 12.9. The van der Waals surface area contributed by atoms with E-state index < -0.39 is 5.82 Å². The third-order valence-corrected chi connectivity index (χ3v) is 3.58. The van der Waals surface area contributed by atoms with Crippen LogP contribution in [0.2, 0.25) is 0 Å². The topological polar surface area (TPSA) is 79.2 Å². The molecule has 0 saturated heterocycles. The van der Waals surface area contributed by atoms with E-state index in [1.807, 2.05) is 13.8 Å². The number of aliphatic imine (C=N–C) groups is 1. The summed E-state index contributed by atoms with van der Waals surface area (Å²) >= 11 is 0. The molecule has 0 bridgehead atoms. The molecule has 0 amide bonds. The molecule has 1 aromatic rings. The van der Waals surface area contributed by atoms with Crippen molar-refractivity contribution in [3.8, 4) is 6.07 Å². The van der Waals surface area contributed by atoms with Gasteiger partial charge in [0.25, 0.3) is 0 Å². The van der Waals surface area contributed by atoms with Gasteiger partial charge in [0, 0.05) is 18.2 Å². The van der Waals surface area contributed by atoms with Crippen molar-refractivity contribution in [1.29, 1.82) is 5.26 Å². The Morgan fingerprint density at radius 1 is 1.41 bits per heavy atom. The zero-order valence-electron chi connectivity index (χ0n) is 12.9. The number of rotatable bonds is 1. The van der Waals surface area contributed by atoms with Crippen molar-refractivity contribution in [2.45, 2.75) is 33.6 Å². The standard InChI is InChI=1S/C17H18FN3O/c1-10(20)16-14(7-17(2,3)8-15(16)22)21-12-5-4-11(9-19)13(18)6-12/h4-6H,7-8,20H2,1-3H3. The quantitative estimate of drug-likeness (QED) is 0.807. The minimum absolute atomic E-state index is 0.0326. The molecule has 0 atom stereocenters. The number of ketones is 1. The Balaban J connectivity index is 2.51. The Morgan fingerprint density at radius 2 is 2.09 bits per heavy atom. The van der Waals surface area contributed by atoms with Gasteiger partial charge in [0.2, 0.25) is 0 Å². The number of carbonyl (C=O) groups is 1. The summed E-state index contributed by atoms with van der Waals surface area (Å²) in [5.41, 5.74) is 7.39. The van der Waals surface area contributed by atoms with Crippen molar-refractivity contribution >= 4 is 17.2 Å². The van der Waals surface area contributed by atoms with Crippen LogP contribution in [0.1, 0.15) is 39.2 Å². The van der Waals surface area contributed by atoms with Gasteiger partial charge in [-0.25, -0.2) is 4.39 Å². The number of hydrogen-bond donors (Lipinski definition) is 1. The van der Waals surface area contributed by atoms with Crippen LogP contribution in [0.5, 0.6) is 0 Å². The summed E-state index contributed by atoms with van der Waals surface area (Å²) in [5.74, 6) is -0.662. The maximum atomic E-state index is 13.7. The zero-order chi connectivity index (χ0) is 16.5. The summed E-state index contributed by atoms with van der Waals surface area (Å²) in [4.78, 5) is 16.7. The molecule has 0 spiro atoms. The molecule has 0 heterocycles. The van der Waals surface area contributed by atoms with E-state index in [9.17, 15) is 9.18 Å². The fraction of sp³-hybridized carbons (Fsp3) is 0.353. The number of benzene rings is 1. The lowest BCUT2D eigenvalue weighted by atomic mass is 9.73. The molecule has 4 nitrogen and oxygen atoms in total. The molecule has 114 valence electrons. The fourth-order valence-electron chi connectivity index (χ4n) is 2.65. The highest BCUT2D eigenvalue weighted by Gasteiger charge is 2.35. The van der Waals surface area contributed by atoms with Crippen LogP contribution in [0, 0.1) is 22.6 Å². The van der Waals surface area contributed by atoms with Crippen LogP contribution in [0.15, 0.2) is 34.5 Å². The average Bonchev–Trinajstić information content (AvgIpc) is 2.36. The van der Waals surface area contributed by atoms with Gasteiger partial charge in [-0.1, -0.05) is 13.8 Å². The first-order valence-corrected chi connectivity index (χ1v) is 7.00. The lowest BCUT2D eigenvalue weighted by Gasteiger charge is -2.31. The molecule has 1 aliphatic rings. The van der Waals surface area contributed by atoms with Crippen molar-refractivity contribution in [1.82, 2.24) is 0 Å². The normalized spacial score (nSPS) is 21.6. The second-order valence-electron chi connectivity index (χ2n) is 6.33. The second kappa shape index (κ2) is 5.72. The van der Waals surface area contributed by atoms with E-state index in [1.165, 1.54) is 12.1 Å². The smallest absolute Gasteiger partial charge is 0.166 e. The first-order valence-electron chi connectivity index (χ1n) is 7.00. The number of nitrogens with two attached hydrogens (primary N) is 1. The van der Waals surface area contributed by atoms with Gasteiger partial charge in [-0.2, -0.15) is 5.26 Å². The van der Waals surface area contributed by atoms with Crippen molar-refractivity contribution in [3.05, 3.63) is 40.8 Å². The molecular formula is C17H18FN3O. The van der Waals surface area contributed by atoms with E-state index >= 15 is 0 Å². The number of nitrogens with zero attached hydrogens (tertiary/aromatic N) is 2. The first kappa shape index (κ1) is 15.9. The summed E-state index contributed by atoms with van der Waals surface area (Å²) < 4.78 is 13.7. The Bertz CT molecular complexity index is 735. The van der Waals surface area contributed by atoms with Crippen LogP contribution in [0.25, 0.3) is 0 Å². The highest BCUT2D eigenvalue weighted by Crippen LogP contribution is 2.36. The second-order valence-corrected chi connectivity index (χ2v) is 6.33. The summed E-state index contributed by atoms with van der Waals surface area (Å²) in [7, 11) is 0. The minimum atomic E-state index is -0.624. The highest BCUT2D eigenvalue weighted by molar-refractivity contribution is 6.25. The molecule has 22 heavy (non-hydrogen) atoms. The van der Waals surface area contributed by atoms with Crippen LogP contribution in [-0.4, -0.2) is 11.5 Å². The van der Waals surface area contributed by atoms with Crippen LogP contribution in [0.3, 0.4) is 0 Å². The van der Waals surface area contributed by atoms with Gasteiger partial charge in [0.05, 0.1) is 22.5 Å². The molecule has 2 rings (SSSR count). The van der Waals surface area contributed by atoms with Crippen LogP contribution >= 0.6 is 0 Å². The number of allylic oxidation sites excluding steroid dienone is 2. The monoisotopic (exact) mass is 299 g/mol. The van der Waals surface area contributed by atoms with Gasteiger partial charge in [0.1, 0.15) is 11.9 Å². The molecule has 0 unspecified atom stereocenters. The molecule has 0 aliphatic heterocycles. The highest BCUT2D eigenvalue weighted by atomic mass is 19.1. The van der Waals surface area contributed by atoms with Gasteiger partial charge in [-0.3, -0.25) is 9.79 Å². The number of carbonyl (C=O) groups excluding carboxylic acids is 1. The third-order valence-electron chi connectivity index (χ3n) is 3.58. The number of nitriles is 1. The summed E-state index contributed by atoms with van der Waals surface area (Å²) in [6.07, 6.45) is 1.00. The molecule has 0 aromatic heterocycles. The summed E-state index contributed by atoms with van der Waals surface area (Å²) in [6, 6.07) is 5.90. The maximum Gasteiger partial charge on any atom is 0.166 e. The van der Waals surface area contributed by atoms with Crippen LogP contribution < -0.4 is 5.73 Å². The van der Waals surface area contributed by atoms with Crippen molar-refractivity contribution in [3.63, 3.8) is 0 Å². The van der Waals surface area contributed by atoms with E-state index in [-0.39, 0.29) is 16.8 Å². The summed E-state index contributed by atoms with van der Waals surface area (Å²) in [6.45, 7) is 5.64.